The van der Waals surface area contributed by atoms with Crippen molar-refractivity contribution in [1.82, 2.24) is 9.97 Å². The van der Waals surface area contributed by atoms with Crippen LogP contribution in [0.25, 0.3) is 0 Å². The van der Waals surface area contributed by atoms with Crippen molar-refractivity contribution in [2.24, 2.45) is 0 Å². The molecule has 7 heteroatoms. The molecule has 0 bridgehead atoms. The summed E-state index contributed by atoms with van der Waals surface area (Å²) < 4.78 is 47.8. The summed E-state index contributed by atoms with van der Waals surface area (Å²) in [6, 6.07) is 5.13. The largest absolute Gasteiger partial charge is 0.477 e. The van der Waals surface area contributed by atoms with Crippen LogP contribution in [0, 0.1) is 6.92 Å². The Morgan fingerprint density at radius 1 is 0.913 bits per heavy atom. The van der Waals surface area contributed by atoms with Crippen LogP contribution in [-0.4, -0.2) is 24.2 Å². The van der Waals surface area contributed by atoms with Gasteiger partial charge in [0.15, 0.2) is 0 Å². The van der Waals surface area contributed by atoms with E-state index >= 15 is 0 Å². The average Bonchev–Trinajstić information content (AvgIpc) is 2.53. The first-order chi connectivity index (χ1) is 10.8. The smallest absolute Gasteiger partial charge is 0.416 e. The summed E-state index contributed by atoms with van der Waals surface area (Å²) in [7, 11) is 2.95. The zero-order valence-electron chi connectivity index (χ0n) is 13.1. The van der Waals surface area contributed by atoms with E-state index in [9.17, 15) is 13.2 Å². The van der Waals surface area contributed by atoms with Gasteiger partial charge < -0.3 is 9.47 Å². The van der Waals surface area contributed by atoms with Gasteiger partial charge in [-0.05, 0) is 37.5 Å². The van der Waals surface area contributed by atoms with E-state index in [1.807, 2.05) is 0 Å². The minimum absolute atomic E-state index is 0.292. The second-order valence-corrected chi connectivity index (χ2v) is 4.97. The molecule has 124 valence electrons. The summed E-state index contributed by atoms with van der Waals surface area (Å²) in [5.41, 5.74) is 1.58. The fraction of sp³-hybridized carbons (Fsp3) is 0.375. The van der Waals surface area contributed by atoms with Crippen LogP contribution >= 0.6 is 0 Å². The molecule has 0 aliphatic heterocycles. The van der Waals surface area contributed by atoms with E-state index in [2.05, 4.69) is 9.97 Å². The molecule has 0 saturated heterocycles. The van der Waals surface area contributed by atoms with Crippen molar-refractivity contribution in [3.63, 3.8) is 0 Å². The molecular weight excluding hydrogens is 309 g/mol. The number of benzene rings is 1. The van der Waals surface area contributed by atoms with Gasteiger partial charge in [-0.2, -0.15) is 13.2 Å². The van der Waals surface area contributed by atoms with E-state index in [1.54, 1.807) is 6.92 Å². The van der Waals surface area contributed by atoms with Gasteiger partial charge in [0.2, 0.25) is 0 Å². The lowest BCUT2D eigenvalue weighted by Crippen LogP contribution is -2.06. The molecule has 1 aromatic heterocycles. The first kappa shape index (κ1) is 17.1. The highest BCUT2D eigenvalue weighted by Gasteiger charge is 2.29. The standard InChI is InChI=1S/C16H17F3N2O2/c1-10-13(21-15(23-3)14(20-10)22-2)9-6-11-4-7-12(8-5-11)16(17,18)19/h4-5,7-8H,6,9H2,1-3H3. The first-order valence-electron chi connectivity index (χ1n) is 6.96. The molecule has 23 heavy (non-hydrogen) atoms. The Kier molecular flexibility index (Phi) is 5.08. The number of aryl methyl sites for hydroxylation is 3. The van der Waals surface area contributed by atoms with Crippen LogP contribution in [-0.2, 0) is 19.0 Å². The maximum absolute atomic E-state index is 12.5. The van der Waals surface area contributed by atoms with Gasteiger partial charge in [-0.1, -0.05) is 12.1 Å². The number of alkyl halides is 3. The lowest BCUT2D eigenvalue weighted by atomic mass is 10.1. The number of methoxy groups -OCH3 is 2. The van der Waals surface area contributed by atoms with Gasteiger partial charge in [-0.15, -0.1) is 0 Å². The summed E-state index contributed by atoms with van der Waals surface area (Å²) in [6.45, 7) is 1.80. The second kappa shape index (κ2) is 6.85. The van der Waals surface area contributed by atoms with Crippen molar-refractivity contribution in [2.45, 2.75) is 25.9 Å². The number of hydrogen-bond acceptors (Lipinski definition) is 4. The molecule has 2 rings (SSSR count). The van der Waals surface area contributed by atoms with Crippen LogP contribution in [0.5, 0.6) is 11.8 Å². The molecule has 2 aromatic rings. The van der Waals surface area contributed by atoms with E-state index in [4.69, 9.17) is 9.47 Å². The Balaban J connectivity index is 2.12. The Morgan fingerprint density at radius 2 is 1.48 bits per heavy atom. The van der Waals surface area contributed by atoms with Crippen LogP contribution in [0.3, 0.4) is 0 Å². The molecule has 0 fully saturated rings. The molecule has 0 amide bonds. The minimum Gasteiger partial charge on any atom is -0.477 e. The van der Waals surface area contributed by atoms with E-state index in [1.165, 1.54) is 26.4 Å². The Labute approximate surface area is 132 Å². The van der Waals surface area contributed by atoms with Crippen molar-refractivity contribution in [1.29, 1.82) is 0 Å². The van der Waals surface area contributed by atoms with Gasteiger partial charge in [-0.25, -0.2) is 9.97 Å². The van der Waals surface area contributed by atoms with Crippen LogP contribution in [0.4, 0.5) is 13.2 Å². The van der Waals surface area contributed by atoms with E-state index in [0.29, 0.717) is 30.3 Å². The number of halogens is 3. The van der Waals surface area contributed by atoms with Crippen molar-refractivity contribution >= 4 is 0 Å². The Hall–Kier alpha value is -2.31. The second-order valence-electron chi connectivity index (χ2n) is 4.97. The van der Waals surface area contributed by atoms with Gasteiger partial charge >= 0.3 is 6.18 Å². The third-order valence-corrected chi connectivity index (χ3v) is 3.42. The SMILES string of the molecule is COc1nc(C)c(CCc2ccc(C(F)(F)F)cc2)nc1OC. The fourth-order valence-electron chi connectivity index (χ4n) is 2.14. The van der Waals surface area contributed by atoms with Crippen LogP contribution < -0.4 is 9.47 Å². The third kappa shape index (κ3) is 4.12. The van der Waals surface area contributed by atoms with Gasteiger partial charge in [0.05, 0.1) is 31.2 Å². The predicted molar refractivity (Wildman–Crippen MR) is 78.7 cm³/mol. The maximum atomic E-state index is 12.5. The maximum Gasteiger partial charge on any atom is 0.416 e. The first-order valence-corrected chi connectivity index (χ1v) is 6.96. The zero-order chi connectivity index (χ0) is 17.0. The average molecular weight is 326 g/mol. The monoisotopic (exact) mass is 326 g/mol. The lowest BCUT2D eigenvalue weighted by molar-refractivity contribution is -0.137. The number of nitrogens with zero attached hydrogens (tertiary/aromatic N) is 2. The number of aromatic nitrogens is 2. The van der Waals surface area contributed by atoms with Crippen molar-refractivity contribution in [2.75, 3.05) is 14.2 Å². The van der Waals surface area contributed by atoms with Gasteiger partial charge in [0.1, 0.15) is 0 Å². The number of rotatable bonds is 5. The normalized spacial score (nSPS) is 11.4. The van der Waals surface area contributed by atoms with Crippen molar-refractivity contribution in [3.05, 3.63) is 46.8 Å². The molecule has 0 aliphatic rings. The van der Waals surface area contributed by atoms with Crippen molar-refractivity contribution < 1.29 is 22.6 Å². The molecule has 0 aliphatic carbocycles. The van der Waals surface area contributed by atoms with Crippen LogP contribution in [0.1, 0.15) is 22.5 Å². The summed E-state index contributed by atoms with van der Waals surface area (Å²) >= 11 is 0. The van der Waals surface area contributed by atoms with Gasteiger partial charge in [0.25, 0.3) is 11.8 Å². The highest BCUT2D eigenvalue weighted by Crippen LogP contribution is 2.29. The Bertz CT molecular complexity index is 670. The van der Waals surface area contributed by atoms with Crippen LogP contribution in [0.15, 0.2) is 24.3 Å². The molecule has 0 unspecified atom stereocenters. The molecule has 0 saturated carbocycles. The summed E-state index contributed by atoms with van der Waals surface area (Å²) in [5.74, 6) is 0.601. The highest BCUT2D eigenvalue weighted by molar-refractivity contribution is 5.31. The highest BCUT2D eigenvalue weighted by atomic mass is 19.4. The topological polar surface area (TPSA) is 44.2 Å². The quantitative estimate of drug-likeness (QED) is 0.842. The number of ether oxygens (including phenoxy) is 2. The zero-order valence-corrected chi connectivity index (χ0v) is 13.1. The molecule has 4 nitrogen and oxygen atoms in total. The van der Waals surface area contributed by atoms with E-state index in [0.717, 1.165) is 23.4 Å². The van der Waals surface area contributed by atoms with Crippen LogP contribution in [0.2, 0.25) is 0 Å². The molecule has 1 heterocycles. The molecule has 0 atom stereocenters. The summed E-state index contributed by atoms with van der Waals surface area (Å²) in [4.78, 5) is 8.61. The van der Waals surface area contributed by atoms with Gasteiger partial charge in [0, 0.05) is 0 Å². The van der Waals surface area contributed by atoms with E-state index in [-0.39, 0.29) is 0 Å². The summed E-state index contributed by atoms with van der Waals surface area (Å²) in [6.07, 6.45) is -3.21. The predicted octanol–water partition coefficient (Wildman–Crippen LogP) is 3.61. The molecular formula is C16H17F3N2O2. The van der Waals surface area contributed by atoms with Crippen molar-refractivity contribution in [3.8, 4) is 11.8 Å². The fourth-order valence-corrected chi connectivity index (χ4v) is 2.14. The minimum atomic E-state index is -4.32. The third-order valence-electron chi connectivity index (χ3n) is 3.42. The van der Waals surface area contributed by atoms with Gasteiger partial charge in [-0.3, -0.25) is 0 Å². The molecule has 1 aromatic carbocycles. The molecule has 0 spiro atoms. The Morgan fingerprint density at radius 3 is 2.00 bits per heavy atom. The summed E-state index contributed by atoms with van der Waals surface area (Å²) in [5, 5.41) is 0. The molecule has 0 radical (unpaired) electrons. The molecule has 0 N–H and O–H groups in total. The lowest BCUT2D eigenvalue weighted by Gasteiger charge is -2.11. The number of hydrogen-bond donors (Lipinski definition) is 0. The van der Waals surface area contributed by atoms with E-state index < -0.39 is 11.7 Å².